The molecule has 152 valence electrons. The number of carbonyl (C=O) groups is 1. The molecule has 3 aromatic rings. The third-order valence-electron chi connectivity index (χ3n) is 5.30. The first-order chi connectivity index (χ1) is 14.7. The van der Waals surface area contributed by atoms with E-state index in [1.54, 1.807) is 24.3 Å². The Hall–Kier alpha value is -3.44. The van der Waals surface area contributed by atoms with Gasteiger partial charge in [0, 0.05) is 24.6 Å². The quantitative estimate of drug-likeness (QED) is 0.620. The van der Waals surface area contributed by atoms with E-state index < -0.39 is 6.09 Å². The van der Waals surface area contributed by atoms with Crippen molar-refractivity contribution in [1.82, 2.24) is 5.32 Å². The monoisotopic (exact) mass is 402 g/mol. The van der Waals surface area contributed by atoms with Crippen LogP contribution in [0.4, 0.5) is 9.18 Å². The van der Waals surface area contributed by atoms with Crippen LogP contribution in [0.15, 0.2) is 72.8 Å². The van der Waals surface area contributed by atoms with Gasteiger partial charge in [-0.3, -0.25) is 0 Å². The molecule has 0 saturated carbocycles. The van der Waals surface area contributed by atoms with Crippen molar-refractivity contribution >= 4 is 12.2 Å². The number of hydrogen-bond donors (Lipinski definition) is 2. The van der Waals surface area contributed by atoms with E-state index >= 15 is 0 Å². The van der Waals surface area contributed by atoms with Gasteiger partial charge >= 0.3 is 6.09 Å². The van der Waals surface area contributed by atoms with Gasteiger partial charge in [-0.1, -0.05) is 66.7 Å². The highest BCUT2D eigenvalue weighted by Gasteiger charge is 2.28. The fraction of sp³-hybridized carbons (Fsp3) is 0.160. The van der Waals surface area contributed by atoms with Crippen molar-refractivity contribution in [3.8, 4) is 11.1 Å². The zero-order valence-corrected chi connectivity index (χ0v) is 16.5. The molecule has 4 rings (SSSR count). The fourth-order valence-corrected chi connectivity index (χ4v) is 3.83. The molecule has 0 radical (unpaired) electrons. The summed E-state index contributed by atoms with van der Waals surface area (Å²) in [6.45, 7) is 0.846. The van der Waals surface area contributed by atoms with E-state index in [9.17, 15) is 9.18 Å². The van der Waals surface area contributed by atoms with Gasteiger partial charge < -0.3 is 15.8 Å². The summed E-state index contributed by atoms with van der Waals surface area (Å²) in [4.78, 5) is 12.1. The maximum atomic E-state index is 13.8. The molecule has 0 atom stereocenters. The van der Waals surface area contributed by atoms with Crippen LogP contribution in [-0.2, 0) is 11.3 Å². The first kappa shape index (κ1) is 19.9. The lowest BCUT2D eigenvalue weighted by Gasteiger charge is -2.14. The van der Waals surface area contributed by atoms with Crippen LogP contribution in [0.2, 0.25) is 0 Å². The lowest BCUT2D eigenvalue weighted by Crippen LogP contribution is -2.26. The lowest BCUT2D eigenvalue weighted by molar-refractivity contribution is 0.144. The minimum atomic E-state index is -0.502. The average Bonchev–Trinajstić information content (AvgIpc) is 3.10. The molecule has 3 aromatic carbocycles. The highest BCUT2D eigenvalue weighted by molar-refractivity contribution is 5.79. The number of carbonyl (C=O) groups excluding carboxylic acids is 1. The maximum absolute atomic E-state index is 13.8. The van der Waals surface area contributed by atoms with Crippen molar-refractivity contribution in [3.05, 3.63) is 101 Å². The number of hydrogen-bond acceptors (Lipinski definition) is 3. The number of nitrogens with one attached hydrogen (secondary N) is 1. The number of rotatable bonds is 6. The summed E-state index contributed by atoms with van der Waals surface area (Å²) in [5.74, 6) is -0.309. The van der Waals surface area contributed by atoms with Gasteiger partial charge in [0.1, 0.15) is 12.4 Å². The van der Waals surface area contributed by atoms with Crippen LogP contribution < -0.4 is 11.1 Å². The normalized spacial score (nSPS) is 12.6. The number of ether oxygens (including phenoxy) is 1. The Morgan fingerprint density at radius 2 is 1.70 bits per heavy atom. The molecule has 1 amide bonds. The molecule has 0 heterocycles. The van der Waals surface area contributed by atoms with Crippen LogP contribution in [0.3, 0.4) is 0 Å². The molecule has 4 nitrogen and oxygen atoms in total. The first-order valence-corrected chi connectivity index (χ1v) is 9.91. The molecular weight excluding hydrogens is 379 g/mol. The first-order valence-electron chi connectivity index (χ1n) is 9.91. The van der Waals surface area contributed by atoms with E-state index in [1.165, 1.54) is 28.3 Å². The molecule has 3 N–H and O–H groups in total. The van der Waals surface area contributed by atoms with E-state index in [0.29, 0.717) is 12.1 Å². The van der Waals surface area contributed by atoms with Gasteiger partial charge in [0.25, 0.3) is 0 Å². The summed E-state index contributed by atoms with van der Waals surface area (Å²) in [6, 6.07) is 21.1. The number of nitrogens with two attached hydrogens (primary N) is 1. The molecule has 30 heavy (non-hydrogen) atoms. The van der Waals surface area contributed by atoms with Crippen LogP contribution in [0.5, 0.6) is 0 Å². The minimum absolute atomic E-state index is 0.0202. The predicted octanol–water partition coefficient (Wildman–Crippen LogP) is 4.84. The highest BCUT2D eigenvalue weighted by Crippen LogP contribution is 2.44. The number of halogens is 1. The Balaban J connectivity index is 1.34. The van der Waals surface area contributed by atoms with Gasteiger partial charge in [-0.15, -0.1) is 0 Å². The third-order valence-corrected chi connectivity index (χ3v) is 5.30. The van der Waals surface area contributed by atoms with E-state index in [4.69, 9.17) is 10.5 Å². The number of amides is 1. The molecule has 0 aromatic heterocycles. The summed E-state index contributed by atoms with van der Waals surface area (Å²) in [5, 5.41) is 2.68. The van der Waals surface area contributed by atoms with Crippen molar-refractivity contribution < 1.29 is 13.9 Å². The Labute approximate surface area is 175 Å². The fourth-order valence-electron chi connectivity index (χ4n) is 3.83. The summed E-state index contributed by atoms with van der Waals surface area (Å²) in [6.07, 6.45) is 2.80. The Morgan fingerprint density at radius 1 is 1.03 bits per heavy atom. The van der Waals surface area contributed by atoms with E-state index in [0.717, 1.165) is 5.56 Å². The van der Waals surface area contributed by atoms with Crippen molar-refractivity contribution in [2.75, 3.05) is 13.2 Å². The lowest BCUT2D eigenvalue weighted by atomic mass is 9.98. The Kier molecular flexibility index (Phi) is 5.91. The summed E-state index contributed by atoms with van der Waals surface area (Å²) >= 11 is 0. The maximum Gasteiger partial charge on any atom is 0.407 e. The zero-order valence-electron chi connectivity index (χ0n) is 16.5. The molecule has 1 aliphatic rings. The van der Waals surface area contributed by atoms with Gasteiger partial charge in [-0.05, 0) is 39.9 Å². The van der Waals surface area contributed by atoms with Gasteiger partial charge in [-0.2, -0.15) is 0 Å². The molecule has 0 unspecified atom stereocenters. The molecule has 5 heteroatoms. The average molecular weight is 402 g/mol. The topological polar surface area (TPSA) is 64.3 Å². The minimum Gasteiger partial charge on any atom is -0.449 e. The second-order valence-electron chi connectivity index (χ2n) is 7.17. The smallest absolute Gasteiger partial charge is 0.407 e. The molecule has 0 fully saturated rings. The van der Waals surface area contributed by atoms with E-state index in [1.807, 2.05) is 24.3 Å². The molecule has 0 saturated heterocycles. The number of fused-ring (bicyclic) bond motifs is 3. The second kappa shape index (κ2) is 8.93. The SMILES string of the molecule is NCc1ccc(F)c(C=CCNC(=O)OCC2c3ccccc3-c3ccccc32)c1. The van der Waals surface area contributed by atoms with Crippen molar-refractivity contribution in [2.45, 2.75) is 12.5 Å². The van der Waals surface area contributed by atoms with Gasteiger partial charge in [-0.25, -0.2) is 9.18 Å². The van der Waals surface area contributed by atoms with E-state index in [-0.39, 0.29) is 24.9 Å². The van der Waals surface area contributed by atoms with Crippen LogP contribution in [-0.4, -0.2) is 19.2 Å². The zero-order chi connectivity index (χ0) is 20.9. The number of benzene rings is 3. The Morgan fingerprint density at radius 3 is 2.37 bits per heavy atom. The van der Waals surface area contributed by atoms with Crippen LogP contribution in [0.25, 0.3) is 17.2 Å². The summed E-state index contributed by atoms with van der Waals surface area (Å²) in [5.41, 5.74) is 11.6. The van der Waals surface area contributed by atoms with Gasteiger partial charge in [0.05, 0.1) is 0 Å². The predicted molar refractivity (Wildman–Crippen MR) is 116 cm³/mol. The van der Waals surface area contributed by atoms with E-state index in [2.05, 4.69) is 29.6 Å². The number of alkyl carbamates (subject to hydrolysis) is 1. The molecule has 0 spiro atoms. The third kappa shape index (κ3) is 4.11. The van der Waals surface area contributed by atoms with Crippen LogP contribution in [0, 0.1) is 5.82 Å². The van der Waals surface area contributed by atoms with Gasteiger partial charge in [0.15, 0.2) is 0 Å². The largest absolute Gasteiger partial charge is 0.449 e. The van der Waals surface area contributed by atoms with Crippen LogP contribution in [0.1, 0.15) is 28.2 Å². The summed E-state index contributed by atoms with van der Waals surface area (Å²) < 4.78 is 19.3. The van der Waals surface area contributed by atoms with Crippen molar-refractivity contribution in [2.24, 2.45) is 5.73 Å². The van der Waals surface area contributed by atoms with Gasteiger partial charge in [0.2, 0.25) is 0 Å². The van der Waals surface area contributed by atoms with Crippen molar-refractivity contribution in [1.29, 1.82) is 0 Å². The standard InChI is InChI=1S/C25H23FN2O2/c26-24-12-11-17(15-27)14-18(24)6-5-13-28-25(29)30-16-23-21-9-3-1-7-19(21)20-8-2-4-10-22(20)23/h1-12,14,23H,13,15-16,27H2,(H,28,29). The summed E-state index contributed by atoms with van der Waals surface area (Å²) in [7, 11) is 0. The highest BCUT2D eigenvalue weighted by atomic mass is 19.1. The molecular formula is C25H23FN2O2. The molecule has 1 aliphatic carbocycles. The second-order valence-corrected chi connectivity index (χ2v) is 7.17. The molecule has 0 bridgehead atoms. The molecule has 0 aliphatic heterocycles. The van der Waals surface area contributed by atoms with Crippen molar-refractivity contribution in [3.63, 3.8) is 0 Å². The Bertz CT molecular complexity index is 1050. The van der Waals surface area contributed by atoms with Crippen LogP contribution >= 0.6 is 0 Å².